The van der Waals surface area contributed by atoms with Crippen molar-refractivity contribution in [1.29, 1.82) is 0 Å². The summed E-state index contributed by atoms with van der Waals surface area (Å²) >= 11 is 0. The Kier molecular flexibility index (Phi) is 6.78. The fraction of sp³-hybridized carbons (Fsp3) is 0.323. The number of furan rings is 1. The average molecular weight is 584 g/mol. The zero-order valence-electron chi connectivity index (χ0n) is 22.5. The molecular weight excluding hydrogens is 557 g/mol. The number of fused-ring (bicyclic) bond motifs is 1. The number of alkyl halides is 3. The standard InChI is InChI=1S/C31H26F5N3O3/c1-37-28(41)25-23-12-22(18-2-3-19(11-21(33)10-18)27(40)39-30-13-16(14-30)15-30)24(8-9-31(34,35)36)38-29(23)42-26(25)17-4-6-20(32)7-5-17/h2,4-7,10-12,16H,3,8-9,13-15H2,1H3,(H,37,41)(H,39,40). The summed E-state index contributed by atoms with van der Waals surface area (Å²) in [6.07, 6.45) is 0.406. The second kappa shape index (κ2) is 10.2. The fourth-order valence-corrected chi connectivity index (χ4v) is 5.91. The summed E-state index contributed by atoms with van der Waals surface area (Å²) in [6.45, 7) is 0. The number of rotatable bonds is 7. The molecule has 3 fully saturated rings. The third-order valence-electron chi connectivity index (χ3n) is 8.13. The Balaban J connectivity index is 1.43. The maximum Gasteiger partial charge on any atom is 0.389 e. The van der Waals surface area contributed by atoms with Crippen LogP contribution in [-0.4, -0.2) is 35.6 Å². The van der Waals surface area contributed by atoms with Gasteiger partial charge in [0.2, 0.25) is 11.6 Å². The fourth-order valence-electron chi connectivity index (χ4n) is 5.91. The molecule has 4 aliphatic carbocycles. The monoisotopic (exact) mass is 583 g/mol. The summed E-state index contributed by atoms with van der Waals surface area (Å²) in [5.74, 6) is -1.49. The van der Waals surface area contributed by atoms with Gasteiger partial charge in [0.15, 0.2) is 0 Å². The lowest BCUT2D eigenvalue weighted by atomic mass is 9.50. The Morgan fingerprint density at radius 3 is 2.40 bits per heavy atom. The first-order valence-corrected chi connectivity index (χ1v) is 13.6. The first-order chi connectivity index (χ1) is 19.9. The molecule has 3 saturated carbocycles. The minimum atomic E-state index is -4.49. The number of amides is 2. The van der Waals surface area contributed by atoms with Crippen LogP contribution < -0.4 is 10.6 Å². The lowest BCUT2D eigenvalue weighted by Gasteiger charge is -2.61. The summed E-state index contributed by atoms with van der Waals surface area (Å²) in [4.78, 5) is 30.3. The number of allylic oxidation sites excluding steroid dienone is 5. The van der Waals surface area contributed by atoms with Crippen LogP contribution in [0, 0.1) is 11.7 Å². The highest BCUT2D eigenvalue weighted by atomic mass is 19.4. The average Bonchev–Trinajstić information content (AvgIpc) is 3.15. The number of carbonyl (C=O) groups excluding carboxylic acids is 2. The van der Waals surface area contributed by atoms with Crippen LogP contribution in [-0.2, 0) is 11.2 Å². The van der Waals surface area contributed by atoms with Crippen LogP contribution >= 0.6 is 0 Å². The Labute approximate surface area is 237 Å². The zero-order valence-corrected chi connectivity index (χ0v) is 22.5. The van der Waals surface area contributed by atoms with Crippen LogP contribution in [0.4, 0.5) is 22.0 Å². The molecule has 2 amide bonds. The highest BCUT2D eigenvalue weighted by molar-refractivity contribution is 6.11. The molecule has 1 aromatic carbocycles. The van der Waals surface area contributed by atoms with Crippen molar-refractivity contribution in [2.75, 3.05) is 7.05 Å². The van der Waals surface area contributed by atoms with Crippen molar-refractivity contribution >= 4 is 28.5 Å². The minimum Gasteiger partial charge on any atom is -0.437 e. The predicted molar refractivity (Wildman–Crippen MR) is 145 cm³/mol. The van der Waals surface area contributed by atoms with Gasteiger partial charge in [-0.05, 0) is 86.1 Å². The van der Waals surface area contributed by atoms with Gasteiger partial charge in [-0.3, -0.25) is 9.59 Å². The zero-order chi connectivity index (χ0) is 29.8. The van der Waals surface area contributed by atoms with E-state index in [2.05, 4.69) is 15.6 Å². The first-order valence-electron chi connectivity index (χ1n) is 13.6. The van der Waals surface area contributed by atoms with Gasteiger partial charge in [-0.1, -0.05) is 6.08 Å². The van der Waals surface area contributed by atoms with E-state index in [4.69, 9.17) is 4.42 Å². The van der Waals surface area contributed by atoms with Gasteiger partial charge < -0.3 is 15.1 Å². The van der Waals surface area contributed by atoms with Crippen molar-refractivity contribution in [3.63, 3.8) is 0 Å². The highest BCUT2D eigenvalue weighted by Gasteiger charge is 2.57. The maximum absolute atomic E-state index is 15.1. The molecule has 3 aromatic rings. The number of aromatic nitrogens is 1. The van der Waals surface area contributed by atoms with Gasteiger partial charge >= 0.3 is 6.18 Å². The predicted octanol–water partition coefficient (Wildman–Crippen LogP) is 6.72. The van der Waals surface area contributed by atoms with E-state index in [0.29, 0.717) is 11.5 Å². The molecule has 0 spiro atoms. The first kappa shape index (κ1) is 27.9. The molecular formula is C31H26F5N3O3. The van der Waals surface area contributed by atoms with E-state index < -0.39 is 36.6 Å². The van der Waals surface area contributed by atoms with Crippen LogP contribution in [0.5, 0.6) is 0 Å². The summed E-state index contributed by atoms with van der Waals surface area (Å²) in [7, 11) is 1.40. The van der Waals surface area contributed by atoms with Gasteiger partial charge in [0.1, 0.15) is 17.4 Å². The number of nitrogens with one attached hydrogen (secondary N) is 2. The molecule has 2 bridgehead atoms. The molecule has 2 N–H and O–H groups in total. The third-order valence-corrected chi connectivity index (χ3v) is 8.13. The summed E-state index contributed by atoms with van der Waals surface area (Å²) in [6, 6.07) is 6.63. The van der Waals surface area contributed by atoms with Crippen LogP contribution in [0.25, 0.3) is 28.0 Å². The van der Waals surface area contributed by atoms with Gasteiger partial charge in [-0.25, -0.2) is 13.8 Å². The molecule has 4 aliphatic rings. The van der Waals surface area contributed by atoms with E-state index in [1.807, 2.05) is 0 Å². The van der Waals surface area contributed by atoms with Crippen LogP contribution in [0.1, 0.15) is 53.7 Å². The number of pyridine rings is 1. The van der Waals surface area contributed by atoms with Crippen molar-refractivity contribution in [2.45, 2.75) is 50.2 Å². The van der Waals surface area contributed by atoms with Crippen molar-refractivity contribution in [2.24, 2.45) is 5.92 Å². The van der Waals surface area contributed by atoms with Crippen LogP contribution in [0.2, 0.25) is 0 Å². The second-order valence-corrected chi connectivity index (χ2v) is 11.1. The molecule has 218 valence electrons. The number of carbonyl (C=O) groups is 2. The van der Waals surface area contributed by atoms with E-state index in [1.165, 1.54) is 37.4 Å². The Hall–Kier alpha value is -4.28. The Morgan fingerprint density at radius 2 is 1.79 bits per heavy atom. The smallest absolute Gasteiger partial charge is 0.389 e. The maximum atomic E-state index is 15.1. The van der Waals surface area contributed by atoms with Gasteiger partial charge in [-0.2, -0.15) is 13.2 Å². The lowest BCUT2D eigenvalue weighted by molar-refractivity contribution is -0.134. The summed E-state index contributed by atoms with van der Waals surface area (Å²) in [5.41, 5.74) is 0.678. The molecule has 2 heterocycles. The van der Waals surface area contributed by atoms with Gasteiger partial charge in [0, 0.05) is 35.7 Å². The van der Waals surface area contributed by atoms with E-state index in [9.17, 15) is 27.2 Å². The van der Waals surface area contributed by atoms with Gasteiger partial charge in [-0.15, -0.1) is 0 Å². The Morgan fingerprint density at radius 1 is 1.07 bits per heavy atom. The summed E-state index contributed by atoms with van der Waals surface area (Å²) < 4.78 is 74.4. The topological polar surface area (TPSA) is 84.2 Å². The highest BCUT2D eigenvalue weighted by Crippen LogP contribution is 2.57. The van der Waals surface area contributed by atoms with Gasteiger partial charge in [0.25, 0.3) is 5.91 Å². The lowest BCUT2D eigenvalue weighted by Crippen LogP contribution is -2.68. The van der Waals surface area contributed by atoms with E-state index >= 15 is 4.39 Å². The molecule has 0 atom stereocenters. The number of hydrogen-bond donors (Lipinski definition) is 2. The van der Waals surface area contributed by atoms with Crippen molar-refractivity contribution in [3.8, 4) is 11.3 Å². The second-order valence-electron chi connectivity index (χ2n) is 11.1. The van der Waals surface area contributed by atoms with E-state index in [1.54, 1.807) is 6.08 Å². The quantitative estimate of drug-likeness (QED) is 0.303. The number of nitrogens with zero attached hydrogens (tertiary/aromatic N) is 1. The largest absolute Gasteiger partial charge is 0.437 e. The number of hydrogen-bond acceptors (Lipinski definition) is 4. The SMILES string of the molecule is CNC(=O)c1c(-c2ccc(F)cc2)oc2nc(CCC(F)(F)F)c(C3=CCC(C(=O)NC45CC(C4)C5)=CC(F)=C3)cc12. The van der Waals surface area contributed by atoms with Crippen LogP contribution in [0.15, 0.2) is 64.4 Å². The summed E-state index contributed by atoms with van der Waals surface area (Å²) in [5, 5.41) is 5.71. The minimum absolute atomic E-state index is 0.0141. The van der Waals surface area contributed by atoms with Crippen LogP contribution in [0.3, 0.4) is 0 Å². The molecule has 0 saturated heterocycles. The number of benzene rings is 1. The number of aryl methyl sites for hydroxylation is 1. The van der Waals surface area contributed by atoms with Crippen molar-refractivity contribution < 1.29 is 36.0 Å². The van der Waals surface area contributed by atoms with Crippen molar-refractivity contribution in [1.82, 2.24) is 15.6 Å². The van der Waals surface area contributed by atoms with Crippen molar-refractivity contribution in [3.05, 3.63) is 82.6 Å². The molecule has 2 aromatic heterocycles. The Bertz CT molecular complexity index is 1680. The molecule has 11 heteroatoms. The molecule has 6 nitrogen and oxygen atoms in total. The molecule has 0 unspecified atom stereocenters. The molecule has 0 radical (unpaired) electrons. The normalized spacial score (nSPS) is 21.4. The third kappa shape index (κ3) is 5.23. The molecule has 42 heavy (non-hydrogen) atoms. The molecule has 7 rings (SSSR count). The van der Waals surface area contributed by atoms with E-state index in [0.717, 1.165) is 31.4 Å². The molecule has 0 aliphatic heterocycles. The van der Waals surface area contributed by atoms with Gasteiger partial charge in [0.05, 0.1) is 16.6 Å². The number of halogens is 5. The van der Waals surface area contributed by atoms with E-state index in [-0.39, 0.29) is 62.7 Å².